The molecule has 2 aromatic rings. The van der Waals surface area contributed by atoms with Crippen molar-refractivity contribution in [2.75, 3.05) is 11.1 Å². The number of hydrogen-bond acceptors (Lipinski definition) is 7. The maximum atomic E-state index is 11.7. The van der Waals surface area contributed by atoms with Crippen LogP contribution in [-0.4, -0.2) is 37.9 Å². The Morgan fingerprint density at radius 1 is 1.45 bits per heavy atom. The van der Waals surface area contributed by atoms with Crippen molar-refractivity contribution in [2.45, 2.75) is 11.9 Å². The fourth-order valence-corrected chi connectivity index (χ4v) is 2.70. The Balaban J connectivity index is 1.95. The molecule has 0 aliphatic rings. The Kier molecular flexibility index (Phi) is 4.64. The summed E-state index contributed by atoms with van der Waals surface area (Å²) in [6, 6.07) is 2.99. The van der Waals surface area contributed by atoms with Gasteiger partial charge in [-0.25, -0.2) is 9.78 Å². The van der Waals surface area contributed by atoms with E-state index >= 15 is 0 Å². The Morgan fingerprint density at radius 3 is 2.90 bits per heavy atom. The fourth-order valence-electron chi connectivity index (χ4n) is 1.30. The van der Waals surface area contributed by atoms with Crippen LogP contribution in [0.15, 0.2) is 23.4 Å². The number of thioether (sulfide) groups is 1. The summed E-state index contributed by atoms with van der Waals surface area (Å²) in [6.45, 7) is 1.79. The number of carboxylic acid groups (broad SMARTS) is 1. The minimum Gasteiger partial charge on any atom is -0.478 e. The largest absolute Gasteiger partial charge is 0.478 e. The molecule has 2 aromatic heterocycles. The van der Waals surface area contributed by atoms with Crippen LogP contribution in [0, 0.1) is 6.92 Å². The first-order valence-electron chi connectivity index (χ1n) is 5.47. The lowest BCUT2D eigenvalue weighted by atomic mass is 10.3. The summed E-state index contributed by atoms with van der Waals surface area (Å²) in [5.41, 5.74) is 0.0806. The van der Waals surface area contributed by atoms with Gasteiger partial charge in [0.2, 0.25) is 11.0 Å². The monoisotopic (exact) mass is 310 g/mol. The predicted octanol–water partition coefficient (Wildman–Crippen LogP) is 1.67. The number of pyridine rings is 1. The van der Waals surface area contributed by atoms with Crippen molar-refractivity contribution in [2.24, 2.45) is 0 Å². The summed E-state index contributed by atoms with van der Waals surface area (Å²) >= 11 is 2.33. The van der Waals surface area contributed by atoms with Gasteiger partial charge in [-0.3, -0.25) is 10.1 Å². The van der Waals surface area contributed by atoms with E-state index in [1.165, 1.54) is 29.7 Å². The van der Waals surface area contributed by atoms with E-state index in [9.17, 15) is 9.59 Å². The second-order valence-corrected chi connectivity index (χ2v) is 5.77. The lowest BCUT2D eigenvalue weighted by Crippen LogP contribution is -2.14. The highest BCUT2D eigenvalue weighted by Crippen LogP contribution is 2.20. The van der Waals surface area contributed by atoms with Gasteiger partial charge in [-0.15, -0.1) is 10.2 Å². The average molecular weight is 310 g/mol. The molecule has 104 valence electrons. The van der Waals surface area contributed by atoms with E-state index in [-0.39, 0.29) is 17.2 Å². The second kappa shape index (κ2) is 6.44. The van der Waals surface area contributed by atoms with Gasteiger partial charge in [-0.1, -0.05) is 23.1 Å². The second-order valence-electron chi connectivity index (χ2n) is 3.62. The number of aromatic nitrogens is 3. The van der Waals surface area contributed by atoms with Crippen LogP contribution in [0.2, 0.25) is 0 Å². The van der Waals surface area contributed by atoms with Gasteiger partial charge >= 0.3 is 5.97 Å². The smallest absolute Gasteiger partial charge is 0.338 e. The van der Waals surface area contributed by atoms with Crippen molar-refractivity contribution in [1.82, 2.24) is 15.2 Å². The van der Waals surface area contributed by atoms with Crippen molar-refractivity contribution in [1.29, 1.82) is 0 Å². The number of carboxylic acids is 1. The molecule has 0 aliphatic carbocycles. The number of anilines is 1. The van der Waals surface area contributed by atoms with Gasteiger partial charge in [0.05, 0.1) is 11.3 Å². The predicted molar refractivity (Wildman–Crippen MR) is 75.2 cm³/mol. The minimum absolute atomic E-state index is 0.0515. The van der Waals surface area contributed by atoms with Crippen LogP contribution in [-0.2, 0) is 4.79 Å². The molecule has 0 aliphatic heterocycles. The number of nitrogens with zero attached hydrogens (tertiary/aromatic N) is 3. The van der Waals surface area contributed by atoms with Gasteiger partial charge < -0.3 is 5.11 Å². The van der Waals surface area contributed by atoms with E-state index < -0.39 is 5.97 Å². The topological polar surface area (TPSA) is 105 Å². The van der Waals surface area contributed by atoms with Crippen molar-refractivity contribution >= 4 is 40.1 Å². The van der Waals surface area contributed by atoms with Crippen molar-refractivity contribution in [3.05, 3.63) is 28.9 Å². The van der Waals surface area contributed by atoms with Crippen molar-refractivity contribution in [3.63, 3.8) is 0 Å². The number of hydrogen-bond donors (Lipinski definition) is 2. The molecule has 2 N–H and O–H groups in total. The zero-order valence-corrected chi connectivity index (χ0v) is 12.0. The number of amides is 1. The van der Waals surface area contributed by atoms with Crippen LogP contribution in [0.4, 0.5) is 5.13 Å². The van der Waals surface area contributed by atoms with Crippen molar-refractivity contribution < 1.29 is 14.7 Å². The van der Waals surface area contributed by atoms with Gasteiger partial charge in [-0.05, 0) is 19.1 Å². The standard InChI is InChI=1S/C11H10N4O3S2/c1-6-14-15-11(20-6)13-8(16)5-19-9-7(10(17)18)3-2-4-12-9/h2-4H,5H2,1H3,(H,17,18)(H,13,15,16). The van der Waals surface area contributed by atoms with Crippen LogP contribution >= 0.6 is 23.1 Å². The van der Waals surface area contributed by atoms with Crippen LogP contribution in [0.1, 0.15) is 15.4 Å². The highest BCUT2D eigenvalue weighted by Gasteiger charge is 2.13. The normalized spacial score (nSPS) is 10.2. The molecule has 0 radical (unpaired) electrons. The summed E-state index contributed by atoms with van der Waals surface area (Å²) in [7, 11) is 0. The van der Waals surface area contributed by atoms with E-state index in [1.807, 2.05) is 0 Å². The number of carbonyl (C=O) groups excluding carboxylic acids is 1. The van der Waals surface area contributed by atoms with Crippen LogP contribution in [0.3, 0.4) is 0 Å². The third-order valence-electron chi connectivity index (χ3n) is 2.11. The van der Waals surface area contributed by atoms with Gasteiger partial charge in [-0.2, -0.15) is 0 Å². The highest BCUT2D eigenvalue weighted by atomic mass is 32.2. The zero-order chi connectivity index (χ0) is 14.5. The molecule has 1 amide bonds. The Labute approximate surface area is 122 Å². The molecule has 0 aromatic carbocycles. The third-order valence-corrected chi connectivity index (χ3v) is 3.87. The van der Waals surface area contributed by atoms with Gasteiger partial charge in [0.1, 0.15) is 10.0 Å². The molecule has 0 saturated carbocycles. The molecule has 0 spiro atoms. The summed E-state index contributed by atoms with van der Waals surface area (Å²) < 4.78 is 0. The maximum Gasteiger partial charge on any atom is 0.338 e. The molecule has 2 rings (SSSR count). The molecule has 0 saturated heterocycles. The van der Waals surface area contributed by atoms with Gasteiger partial charge in [0.15, 0.2) is 0 Å². The quantitative estimate of drug-likeness (QED) is 0.809. The number of carbonyl (C=O) groups is 2. The average Bonchev–Trinajstić information content (AvgIpc) is 2.82. The molecule has 0 bridgehead atoms. The molecule has 20 heavy (non-hydrogen) atoms. The van der Waals surface area contributed by atoms with E-state index in [2.05, 4.69) is 20.5 Å². The summed E-state index contributed by atoms with van der Waals surface area (Å²) in [5, 5.41) is 20.6. The lowest BCUT2D eigenvalue weighted by molar-refractivity contribution is -0.113. The van der Waals surface area contributed by atoms with E-state index in [1.54, 1.807) is 6.92 Å². The summed E-state index contributed by atoms with van der Waals surface area (Å²) in [4.78, 5) is 26.7. The maximum absolute atomic E-state index is 11.7. The lowest BCUT2D eigenvalue weighted by Gasteiger charge is -2.04. The molecule has 2 heterocycles. The number of aryl methyl sites for hydroxylation is 1. The Bertz CT molecular complexity index is 644. The van der Waals surface area contributed by atoms with Gasteiger partial charge in [0, 0.05) is 6.20 Å². The van der Waals surface area contributed by atoms with E-state index in [0.29, 0.717) is 10.2 Å². The Morgan fingerprint density at radius 2 is 2.25 bits per heavy atom. The summed E-state index contributed by atoms with van der Waals surface area (Å²) in [5.74, 6) is -1.30. The first kappa shape index (κ1) is 14.4. The SMILES string of the molecule is Cc1nnc(NC(=O)CSc2ncccc2C(=O)O)s1. The minimum atomic E-state index is -1.07. The molecule has 0 unspecified atom stereocenters. The molecule has 0 fully saturated rings. The first-order valence-corrected chi connectivity index (χ1v) is 7.27. The highest BCUT2D eigenvalue weighted by molar-refractivity contribution is 8.00. The van der Waals surface area contributed by atoms with Crippen LogP contribution < -0.4 is 5.32 Å². The first-order chi connectivity index (χ1) is 9.56. The molecule has 7 nitrogen and oxygen atoms in total. The van der Waals surface area contributed by atoms with E-state index in [0.717, 1.165) is 16.8 Å². The van der Waals surface area contributed by atoms with Crippen LogP contribution in [0.5, 0.6) is 0 Å². The number of nitrogens with one attached hydrogen (secondary N) is 1. The third kappa shape index (κ3) is 3.75. The zero-order valence-electron chi connectivity index (χ0n) is 10.4. The number of aromatic carboxylic acids is 1. The Hall–Kier alpha value is -2.00. The fraction of sp³-hybridized carbons (Fsp3) is 0.182. The van der Waals surface area contributed by atoms with Crippen LogP contribution in [0.25, 0.3) is 0 Å². The van der Waals surface area contributed by atoms with Crippen molar-refractivity contribution in [3.8, 4) is 0 Å². The summed E-state index contributed by atoms with van der Waals surface area (Å²) in [6.07, 6.45) is 1.49. The number of rotatable bonds is 5. The van der Waals surface area contributed by atoms with E-state index in [4.69, 9.17) is 5.11 Å². The molecular formula is C11H10N4O3S2. The molecule has 9 heteroatoms. The van der Waals surface area contributed by atoms with Gasteiger partial charge in [0.25, 0.3) is 0 Å². The molecular weight excluding hydrogens is 300 g/mol. The molecule has 0 atom stereocenters.